The number of unbranched alkanes of at least 4 members (excludes halogenated alkanes) is 1. The lowest BCUT2D eigenvalue weighted by molar-refractivity contribution is -0.0136. The summed E-state index contributed by atoms with van der Waals surface area (Å²) in [5, 5.41) is 3.31. The van der Waals surface area contributed by atoms with Gasteiger partial charge < -0.3 is 33.7 Å². The summed E-state index contributed by atoms with van der Waals surface area (Å²) in [5.74, 6) is -0.728. The average molecular weight is 518 g/mol. The first-order chi connectivity index (χ1) is 18.2. The molecule has 9 heteroatoms. The largest absolute Gasteiger partial charge is 0.460 e. The van der Waals surface area contributed by atoms with E-state index in [-0.39, 0.29) is 25.2 Å². The molecule has 2 aromatic carbocycles. The van der Waals surface area contributed by atoms with Gasteiger partial charge in [-0.05, 0) is 42.8 Å². The highest BCUT2D eigenvalue weighted by Gasteiger charge is 2.07. The fourth-order valence-electron chi connectivity index (χ4n) is 3.02. The first kappa shape index (κ1) is 30.2. The van der Waals surface area contributed by atoms with Crippen LogP contribution in [0.5, 0.6) is 0 Å². The molecular weight excluding hydrogens is 478 g/mol. The van der Waals surface area contributed by atoms with E-state index in [0.717, 1.165) is 25.1 Å². The number of carbonyl (C=O) groups excluding carboxylic acids is 2. The highest BCUT2D eigenvalue weighted by atomic mass is 16.6. The second-order valence-corrected chi connectivity index (χ2v) is 7.95. The van der Waals surface area contributed by atoms with Crippen LogP contribution in [0.25, 0.3) is 0 Å². The van der Waals surface area contributed by atoms with E-state index in [9.17, 15) is 9.59 Å². The molecule has 0 aliphatic rings. The number of hydrogen-bond donors (Lipinski definition) is 1. The minimum Gasteiger partial charge on any atom is -0.460 e. The third kappa shape index (κ3) is 14.4. The lowest BCUT2D eigenvalue weighted by Crippen LogP contribution is -2.15. The molecule has 1 N–H and O–H groups in total. The number of ether oxygens (including phenoxy) is 6. The van der Waals surface area contributed by atoms with Crippen molar-refractivity contribution in [2.75, 3.05) is 77.9 Å². The summed E-state index contributed by atoms with van der Waals surface area (Å²) in [4.78, 5) is 23.8. The van der Waals surface area contributed by atoms with Crippen molar-refractivity contribution in [3.05, 3.63) is 65.7 Å². The summed E-state index contributed by atoms with van der Waals surface area (Å²) >= 11 is 0. The number of benzene rings is 2. The number of esters is 2. The zero-order valence-electron chi connectivity index (χ0n) is 21.7. The van der Waals surface area contributed by atoms with Crippen molar-refractivity contribution < 1.29 is 38.0 Å². The van der Waals surface area contributed by atoms with Crippen LogP contribution in [0.1, 0.15) is 40.5 Å². The van der Waals surface area contributed by atoms with Gasteiger partial charge in [0.25, 0.3) is 0 Å². The van der Waals surface area contributed by atoms with Crippen LogP contribution >= 0.6 is 0 Å². The fraction of sp³-hybridized carbons (Fsp3) is 0.500. The zero-order chi connectivity index (χ0) is 26.4. The van der Waals surface area contributed by atoms with Crippen molar-refractivity contribution in [1.29, 1.82) is 0 Å². The van der Waals surface area contributed by atoms with Crippen LogP contribution in [0.3, 0.4) is 0 Å². The van der Waals surface area contributed by atoms with E-state index >= 15 is 0 Å². The van der Waals surface area contributed by atoms with Gasteiger partial charge in [-0.2, -0.15) is 0 Å². The Hall–Kier alpha value is -2.98. The monoisotopic (exact) mass is 517 g/mol. The predicted octanol–water partition coefficient (Wildman–Crippen LogP) is 3.98. The Kier molecular flexibility index (Phi) is 16.4. The molecule has 0 amide bonds. The molecule has 0 atom stereocenters. The van der Waals surface area contributed by atoms with E-state index in [1.807, 2.05) is 18.2 Å². The Morgan fingerprint density at radius 3 is 1.49 bits per heavy atom. The molecule has 0 spiro atoms. The van der Waals surface area contributed by atoms with E-state index in [1.54, 1.807) is 36.4 Å². The van der Waals surface area contributed by atoms with Crippen LogP contribution in [-0.4, -0.2) is 84.6 Å². The summed E-state index contributed by atoms with van der Waals surface area (Å²) in [6, 6.07) is 16.1. The maximum Gasteiger partial charge on any atom is 0.338 e. The molecular formula is C28H39NO8. The predicted molar refractivity (Wildman–Crippen MR) is 140 cm³/mol. The van der Waals surface area contributed by atoms with E-state index in [2.05, 4.69) is 12.2 Å². The fourth-order valence-corrected chi connectivity index (χ4v) is 3.02. The molecule has 0 aliphatic carbocycles. The van der Waals surface area contributed by atoms with Crippen LogP contribution in [-0.2, 0) is 28.4 Å². The molecule has 2 rings (SSSR count). The van der Waals surface area contributed by atoms with Gasteiger partial charge in [-0.1, -0.05) is 31.5 Å². The Labute approximate surface area is 219 Å². The first-order valence-corrected chi connectivity index (χ1v) is 12.7. The molecule has 0 radical (unpaired) electrons. The molecule has 37 heavy (non-hydrogen) atoms. The van der Waals surface area contributed by atoms with Crippen LogP contribution in [0.15, 0.2) is 54.6 Å². The molecule has 0 bridgehead atoms. The molecule has 0 unspecified atom stereocenters. The van der Waals surface area contributed by atoms with Gasteiger partial charge >= 0.3 is 11.9 Å². The second kappa shape index (κ2) is 20.1. The van der Waals surface area contributed by atoms with E-state index < -0.39 is 0 Å². The minimum absolute atomic E-state index is 0.184. The van der Waals surface area contributed by atoms with Gasteiger partial charge in [-0.3, -0.25) is 0 Å². The van der Waals surface area contributed by atoms with E-state index in [1.165, 1.54) is 0 Å². The van der Waals surface area contributed by atoms with Gasteiger partial charge in [0.1, 0.15) is 13.2 Å². The van der Waals surface area contributed by atoms with Crippen molar-refractivity contribution in [3.63, 3.8) is 0 Å². The van der Waals surface area contributed by atoms with Gasteiger partial charge in [-0.15, -0.1) is 0 Å². The van der Waals surface area contributed by atoms with Gasteiger partial charge in [0.2, 0.25) is 0 Å². The van der Waals surface area contributed by atoms with Crippen LogP contribution in [0, 0.1) is 0 Å². The SMILES string of the molecule is CCCCNc1ccc(C(=O)OCCOCCOCCOCCOCCOC(=O)c2ccccc2)cc1. The highest BCUT2D eigenvalue weighted by molar-refractivity contribution is 5.90. The van der Waals surface area contributed by atoms with Gasteiger partial charge in [0, 0.05) is 12.2 Å². The molecule has 0 heterocycles. The lowest BCUT2D eigenvalue weighted by Gasteiger charge is -2.09. The summed E-state index contributed by atoms with van der Waals surface area (Å²) in [6.45, 7) is 6.60. The number of anilines is 1. The van der Waals surface area contributed by atoms with Crippen molar-refractivity contribution in [2.45, 2.75) is 19.8 Å². The topological polar surface area (TPSA) is 102 Å². The molecule has 0 saturated carbocycles. The third-order valence-corrected chi connectivity index (χ3v) is 5.03. The first-order valence-electron chi connectivity index (χ1n) is 12.7. The molecule has 0 aromatic heterocycles. The van der Waals surface area contributed by atoms with Crippen molar-refractivity contribution in [2.24, 2.45) is 0 Å². The maximum atomic E-state index is 12.1. The zero-order valence-corrected chi connectivity index (χ0v) is 21.7. The highest BCUT2D eigenvalue weighted by Crippen LogP contribution is 2.11. The molecule has 0 fully saturated rings. The molecule has 0 aliphatic heterocycles. The Morgan fingerprint density at radius 2 is 1.03 bits per heavy atom. The molecule has 2 aromatic rings. The summed E-state index contributed by atoms with van der Waals surface area (Å²) in [7, 11) is 0. The smallest absolute Gasteiger partial charge is 0.338 e. The summed E-state index contributed by atoms with van der Waals surface area (Å²) < 4.78 is 32.0. The normalized spacial score (nSPS) is 10.7. The lowest BCUT2D eigenvalue weighted by atomic mass is 10.2. The number of nitrogens with one attached hydrogen (secondary N) is 1. The van der Waals surface area contributed by atoms with Gasteiger partial charge in [0.05, 0.1) is 64.0 Å². The van der Waals surface area contributed by atoms with Crippen LogP contribution in [0.4, 0.5) is 5.69 Å². The molecule has 0 saturated heterocycles. The van der Waals surface area contributed by atoms with Crippen molar-refractivity contribution in [3.8, 4) is 0 Å². The maximum absolute atomic E-state index is 12.1. The average Bonchev–Trinajstić information content (AvgIpc) is 2.93. The Bertz CT molecular complexity index is 860. The van der Waals surface area contributed by atoms with Crippen LogP contribution in [0.2, 0.25) is 0 Å². The number of hydrogen-bond acceptors (Lipinski definition) is 9. The Morgan fingerprint density at radius 1 is 0.595 bits per heavy atom. The quantitative estimate of drug-likeness (QED) is 0.195. The number of carbonyl (C=O) groups is 2. The van der Waals surface area contributed by atoms with Gasteiger partial charge in [-0.25, -0.2) is 9.59 Å². The molecule has 204 valence electrons. The Balaban J connectivity index is 1.32. The van der Waals surface area contributed by atoms with Gasteiger partial charge in [0.15, 0.2) is 0 Å². The van der Waals surface area contributed by atoms with Crippen LogP contribution < -0.4 is 5.32 Å². The molecule has 9 nitrogen and oxygen atoms in total. The van der Waals surface area contributed by atoms with E-state index in [4.69, 9.17) is 28.4 Å². The number of rotatable bonds is 21. The summed E-state index contributed by atoms with van der Waals surface area (Å²) in [6.07, 6.45) is 2.24. The third-order valence-electron chi connectivity index (χ3n) is 5.03. The standard InChI is InChI=1S/C28H39NO8/c1-2-3-13-29-26-11-9-25(10-12-26)28(31)37-23-21-35-19-17-33-15-14-32-16-18-34-20-22-36-27(30)24-7-5-4-6-8-24/h4-12,29H,2-3,13-23H2,1H3. The summed E-state index contributed by atoms with van der Waals surface area (Å²) in [5.41, 5.74) is 2.03. The second-order valence-electron chi connectivity index (χ2n) is 7.95. The minimum atomic E-state index is -0.366. The van der Waals surface area contributed by atoms with Crippen molar-refractivity contribution >= 4 is 17.6 Å². The van der Waals surface area contributed by atoms with Crippen molar-refractivity contribution in [1.82, 2.24) is 0 Å². The van der Waals surface area contributed by atoms with E-state index in [0.29, 0.717) is 64.0 Å².